The number of aliphatic carboxylic acids is 1. The molecule has 1 saturated heterocycles. The van der Waals surface area contributed by atoms with E-state index in [1.165, 1.54) is 0 Å². The molecule has 1 atom stereocenters. The standard InChI is InChI=1S/C17H26N2O2/c1-13(2)19-11-6-9-17(10-12-19,16(20)21)18-15-8-5-4-7-14(15)3/h4-5,7-8,13,18H,6,9-12H2,1-3H3,(H,20,21). The van der Waals surface area contributed by atoms with Crippen LogP contribution in [0.4, 0.5) is 5.69 Å². The molecular formula is C17H26N2O2. The lowest BCUT2D eigenvalue weighted by molar-refractivity contribution is -0.142. The highest BCUT2D eigenvalue weighted by Gasteiger charge is 2.40. The molecule has 1 unspecified atom stereocenters. The number of carboxylic acids is 1. The van der Waals surface area contributed by atoms with Crippen molar-refractivity contribution in [3.8, 4) is 0 Å². The summed E-state index contributed by atoms with van der Waals surface area (Å²) in [6, 6.07) is 8.36. The smallest absolute Gasteiger partial charge is 0.329 e. The maximum Gasteiger partial charge on any atom is 0.329 e. The normalized spacial score (nSPS) is 23.8. The summed E-state index contributed by atoms with van der Waals surface area (Å²) in [6.07, 6.45) is 2.21. The summed E-state index contributed by atoms with van der Waals surface area (Å²) >= 11 is 0. The predicted octanol–water partition coefficient (Wildman–Crippen LogP) is 3.12. The van der Waals surface area contributed by atoms with Gasteiger partial charge in [0.05, 0.1) is 0 Å². The average Bonchev–Trinajstić information content (AvgIpc) is 2.65. The van der Waals surface area contributed by atoms with E-state index in [4.69, 9.17) is 0 Å². The molecule has 0 aliphatic carbocycles. The summed E-state index contributed by atoms with van der Waals surface area (Å²) < 4.78 is 0. The second-order valence-corrected chi connectivity index (χ2v) is 6.31. The first kappa shape index (κ1) is 15.8. The van der Waals surface area contributed by atoms with Crippen molar-refractivity contribution in [3.63, 3.8) is 0 Å². The highest BCUT2D eigenvalue weighted by atomic mass is 16.4. The molecule has 1 fully saturated rings. The second kappa shape index (κ2) is 6.48. The van der Waals surface area contributed by atoms with Crippen molar-refractivity contribution in [2.24, 2.45) is 0 Å². The number of nitrogens with zero attached hydrogens (tertiary/aromatic N) is 1. The van der Waals surface area contributed by atoms with Gasteiger partial charge in [-0.15, -0.1) is 0 Å². The van der Waals surface area contributed by atoms with Crippen molar-refractivity contribution in [3.05, 3.63) is 29.8 Å². The van der Waals surface area contributed by atoms with Crippen LogP contribution in [0.15, 0.2) is 24.3 Å². The first-order valence-electron chi connectivity index (χ1n) is 7.76. The Kier molecular flexibility index (Phi) is 4.88. The van der Waals surface area contributed by atoms with Crippen molar-refractivity contribution >= 4 is 11.7 Å². The van der Waals surface area contributed by atoms with Gasteiger partial charge in [0.1, 0.15) is 5.54 Å². The molecule has 2 rings (SSSR count). The van der Waals surface area contributed by atoms with Gasteiger partial charge in [0.2, 0.25) is 0 Å². The van der Waals surface area contributed by atoms with Gasteiger partial charge in [-0.25, -0.2) is 4.79 Å². The molecule has 0 aromatic heterocycles. The number of rotatable bonds is 4. The van der Waals surface area contributed by atoms with Gasteiger partial charge in [-0.1, -0.05) is 18.2 Å². The van der Waals surface area contributed by atoms with Gasteiger partial charge in [-0.3, -0.25) is 0 Å². The number of anilines is 1. The quantitative estimate of drug-likeness (QED) is 0.894. The van der Waals surface area contributed by atoms with Crippen LogP contribution in [0.1, 0.15) is 38.7 Å². The molecule has 4 heteroatoms. The second-order valence-electron chi connectivity index (χ2n) is 6.31. The number of carbonyl (C=O) groups is 1. The van der Waals surface area contributed by atoms with Gasteiger partial charge >= 0.3 is 5.97 Å². The Labute approximate surface area is 127 Å². The minimum atomic E-state index is -0.851. The number of hydrogen-bond acceptors (Lipinski definition) is 3. The number of likely N-dealkylation sites (tertiary alicyclic amines) is 1. The maximum absolute atomic E-state index is 11.9. The van der Waals surface area contributed by atoms with E-state index in [2.05, 4.69) is 24.1 Å². The van der Waals surface area contributed by atoms with E-state index in [0.29, 0.717) is 18.9 Å². The largest absolute Gasteiger partial charge is 0.480 e. The van der Waals surface area contributed by atoms with Crippen LogP contribution in [0, 0.1) is 6.92 Å². The molecule has 1 heterocycles. The predicted molar refractivity (Wildman–Crippen MR) is 85.7 cm³/mol. The van der Waals surface area contributed by atoms with Crippen LogP contribution in [-0.4, -0.2) is 40.6 Å². The third kappa shape index (κ3) is 3.56. The van der Waals surface area contributed by atoms with Crippen molar-refractivity contribution in [1.82, 2.24) is 4.90 Å². The third-order valence-corrected chi connectivity index (χ3v) is 4.53. The van der Waals surface area contributed by atoms with Crippen LogP contribution in [-0.2, 0) is 4.79 Å². The molecule has 116 valence electrons. The van der Waals surface area contributed by atoms with Gasteiger partial charge in [-0.05, 0) is 58.2 Å². The maximum atomic E-state index is 11.9. The highest BCUT2D eigenvalue weighted by molar-refractivity contribution is 5.83. The van der Waals surface area contributed by atoms with Gasteiger partial charge in [0, 0.05) is 18.3 Å². The molecule has 0 radical (unpaired) electrons. The van der Waals surface area contributed by atoms with Crippen LogP contribution in [0.2, 0.25) is 0 Å². The molecule has 0 bridgehead atoms. The molecule has 0 spiro atoms. The molecule has 0 saturated carbocycles. The lowest BCUT2D eigenvalue weighted by atomic mass is 9.90. The van der Waals surface area contributed by atoms with Crippen molar-refractivity contribution in [2.45, 2.75) is 51.6 Å². The van der Waals surface area contributed by atoms with Gasteiger partial charge in [0.15, 0.2) is 0 Å². The lowest BCUT2D eigenvalue weighted by Crippen LogP contribution is -2.47. The van der Waals surface area contributed by atoms with E-state index in [9.17, 15) is 9.90 Å². The van der Waals surface area contributed by atoms with Gasteiger partial charge in [-0.2, -0.15) is 0 Å². The molecular weight excluding hydrogens is 264 g/mol. The summed E-state index contributed by atoms with van der Waals surface area (Å²) in [5.74, 6) is -0.739. The number of para-hydroxylation sites is 1. The van der Waals surface area contributed by atoms with E-state index in [-0.39, 0.29) is 0 Å². The Morgan fingerprint density at radius 2 is 2.00 bits per heavy atom. The SMILES string of the molecule is Cc1ccccc1NC1(C(=O)O)CCCN(C(C)C)CC1. The summed E-state index contributed by atoms with van der Waals surface area (Å²) in [5.41, 5.74) is 1.16. The number of aryl methyl sites for hydroxylation is 1. The molecule has 1 aliphatic heterocycles. The van der Waals surface area contributed by atoms with Gasteiger partial charge < -0.3 is 15.3 Å². The van der Waals surface area contributed by atoms with E-state index >= 15 is 0 Å². The van der Waals surface area contributed by atoms with E-state index in [0.717, 1.165) is 30.8 Å². The Hall–Kier alpha value is -1.55. The third-order valence-electron chi connectivity index (χ3n) is 4.53. The van der Waals surface area contributed by atoms with E-state index in [1.807, 2.05) is 31.2 Å². The van der Waals surface area contributed by atoms with Gasteiger partial charge in [0.25, 0.3) is 0 Å². The molecule has 2 N–H and O–H groups in total. The van der Waals surface area contributed by atoms with Crippen LogP contribution < -0.4 is 5.32 Å². The zero-order valence-electron chi connectivity index (χ0n) is 13.2. The van der Waals surface area contributed by atoms with E-state index < -0.39 is 11.5 Å². The molecule has 21 heavy (non-hydrogen) atoms. The molecule has 1 aromatic carbocycles. The van der Waals surface area contributed by atoms with Crippen LogP contribution in [0.3, 0.4) is 0 Å². The highest BCUT2D eigenvalue weighted by Crippen LogP contribution is 2.29. The Balaban J connectivity index is 2.21. The zero-order valence-corrected chi connectivity index (χ0v) is 13.2. The Morgan fingerprint density at radius 3 is 2.62 bits per heavy atom. The number of nitrogens with one attached hydrogen (secondary N) is 1. The summed E-state index contributed by atoms with van der Waals surface area (Å²) in [4.78, 5) is 14.3. The summed E-state index contributed by atoms with van der Waals surface area (Å²) in [5, 5.41) is 13.1. The van der Waals surface area contributed by atoms with E-state index in [1.54, 1.807) is 0 Å². The van der Waals surface area contributed by atoms with Crippen molar-refractivity contribution in [1.29, 1.82) is 0 Å². The minimum absolute atomic E-state index is 0.466. The Bertz CT molecular complexity index is 501. The number of carboxylic acid groups (broad SMARTS) is 1. The van der Waals surface area contributed by atoms with Crippen molar-refractivity contribution < 1.29 is 9.90 Å². The zero-order chi connectivity index (χ0) is 15.5. The molecule has 4 nitrogen and oxygen atoms in total. The van der Waals surface area contributed by atoms with Crippen molar-refractivity contribution in [2.75, 3.05) is 18.4 Å². The average molecular weight is 290 g/mol. The molecule has 1 aliphatic rings. The fraction of sp³-hybridized carbons (Fsp3) is 0.588. The molecule has 0 amide bonds. The number of benzene rings is 1. The minimum Gasteiger partial charge on any atom is -0.480 e. The fourth-order valence-corrected chi connectivity index (χ4v) is 3.03. The summed E-state index contributed by atoms with van der Waals surface area (Å²) in [7, 11) is 0. The lowest BCUT2D eigenvalue weighted by Gasteiger charge is -2.31. The van der Waals surface area contributed by atoms with Crippen LogP contribution in [0.25, 0.3) is 0 Å². The van der Waals surface area contributed by atoms with Crippen LogP contribution >= 0.6 is 0 Å². The fourth-order valence-electron chi connectivity index (χ4n) is 3.03. The van der Waals surface area contributed by atoms with Crippen LogP contribution in [0.5, 0.6) is 0 Å². The first-order valence-corrected chi connectivity index (χ1v) is 7.76. The topological polar surface area (TPSA) is 52.6 Å². The molecule has 1 aromatic rings. The summed E-state index contributed by atoms with van der Waals surface area (Å²) in [6.45, 7) is 8.14. The monoisotopic (exact) mass is 290 g/mol. The first-order chi connectivity index (χ1) is 9.94. The number of hydrogen-bond donors (Lipinski definition) is 2. The Morgan fingerprint density at radius 1 is 1.29 bits per heavy atom.